The van der Waals surface area contributed by atoms with E-state index in [0.29, 0.717) is 23.1 Å². The number of aryl methyl sites for hydroxylation is 2. The van der Waals surface area contributed by atoms with Crippen molar-refractivity contribution in [1.29, 1.82) is 0 Å². The molecule has 3 rings (SSSR count). The van der Waals surface area contributed by atoms with Gasteiger partial charge in [0.05, 0.1) is 0 Å². The topological polar surface area (TPSA) is 69.4 Å². The van der Waals surface area contributed by atoms with Crippen molar-refractivity contribution in [2.45, 2.75) is 37.9 Å². The number of hydrogen-bond donors (Lipinski definition) is 0. The summed E-state index contributed by atoms with van der Waals surface area (Å²) in [6, 6.07) is 1.97. The Morgan fingerprint density at radius 3 is 3.05 bits per heavy atom. The number of hydrogen-bond acceptors (Lipinski definition) is 6. The van der Waals surface area contributed by atoms with Crippen molar-refractivity contribution in [3.63, 3.8) is 0 Å². The van der Waals surface area contributed by atoms with Gasteiger partial charge in [-0.05, 0) is 26.3 Å². The number of thioether (sulfide) groups is 1. The van der Waals surface area contributed by atoms with E-state index in [-0.39, 0.29) is 12.1 Å². The van der Waals surface area contributed by atoms with E-state index in [0.717, 1.165) is 17.8 Å². The molecule has 0 amide bonds. The summed E-state index contributed by atoms with van der Waals surface area (Å²) >= 11 is 1.50. The summed E-state index contributed by atoms with van der Waals surface area (Å²) in [5, 5.41) is 5.07. The van der Waals surface area contributed by atoms with Gasteiger partial charge in [0.2, 0.25) is 5.16 Å². The number of ether oxygens (including phenoxy) is 1. The highest BCUT2D eigenvalue weighted by molar-refractivity contribution is 7.99. The fraction of sp³-hybridized carbons (Fsp3) is 0.500. The molecular weight excluding hydrogens is 264 g/mol. The Bertz CT molecular complexity index is 640. The molecule has 100 valence electrons. The van der Waals surface area contributed by atoms with Crippen LogP contribution in [0.5, 0.6) is 0 Å². The van der Waals surface area contributed by atoms with Crippen LogP contribution in [0, 0.1) is 13.8 Å². The van der Waals surface area contributed by atoms with Gasteiger partial charge in [-0.25, -0.2) is 9.50 Å². The summed E-state index contributed by atoms with van der Waals surface area (Å²) < 4.78 is 6.89. The van der Waals surface area contributed by atoms with Crippen molar-refractivity contribution < 1.29 is 9.53 Å². The zero-order valence-corrected chi connectivity index (χ0v) is 11.6. The smallest absolute Gasteiger partial charge is 0.306 e. The molecule has 19 heavy (non-hydrogen) atoms. The van der Waals surface area contributed by atoms with Crippen LogP contribution in [0.25, 0.3) is 5.78 Å². The van der Waals surface area contributed by atoms with Crippen LogP contribution >= 0.6 is 11.8 Å². The van der Waals surface area contributed by atoms with Crippen molar-refractivity contribution in [2.24, 2.45) is 0 Å². The average molecular weight is 278 g/mol. The molecule has 0 aliphatic carbocycles. The molecule has 0 radical (unpaired) electrons. The molecule has 0 spiro atoms. The lowest BCUT2D eigenvalue weighted by atomic mass is 10.3. The van der Waals surface area contributed by atoms with E-state index in [9.17, 15) is 4.79 Å². The first-order valence-electron chi connectivity index (χ1n) is 6.15. The number of carbonyl (C=O) groups excluding carboxylic acids is 1. The normalized spacial score (nSPS) is 19.1. The van der Waals surface area contributed by atoms with E-state index >= 15 is 0 Å². The lowest BCUT2D eigenvalue weighted by molar-refractivity contribution is -0.140. The van der Waals surface area contributed by atoms with Crippen LogP contribution in [0.15, 0.2) is 11.2 Å². The minimum absolute atomic E-state index is 0.0140. The standard InChI is InChI=1S/C12H14N4O2S/c1-7-5-8(2)16-11(13-7)14-12(15-16)19-6-9-3-4-10(17)18-9/h5,9H,3-4,6H2,1-2H3. The molecule has 2 aromatic rings. The molecular formula is C12H14N4O2S. The molecule has 1 aliphatic heterocycles. The maximum atomic E-state index is 11.0. The first-order valence-corrected chi connectivity index (χ1v) is 7.13. The van der Waals surface area contributed by atoms with E-state index in [4.69, 9.17) is 4.74 Å². The van der Waals surface area contributed by atoms with Crippen LogP contribution in [0.2, 0.25) is 0 Å². The largest absolute Gasteiger partial charge is 0.461 e. The van der Waals surface area contributed by atoms with E-state index in [1.165, 1.54) is 11.8 Å². The third-order valence-electron chi connectivity index (χ3n) is 2.97. The molecule has 0 N–H and O–H groups in total. The number of rotatable bonds is 3. The molecule has 1 atom stereocenters. The van der Waals surface area contributed by atoms with Gasteiger partial charge in [-0.2, -0.15) is 4.98 Å². The number of aromatic nitrogens is 4. The quantitative estimate of drug-likeness (QED) is 0.626. The lowest BCUT2D eigenvalue weighted by Crippen LogP contribution is -2.09. The highest BCUT2D eigenvalue weighted by atomic mass is 32.2. The first-order chi connectivity index (χ1) is 9.11. The van der Waals surface area contributed by atoms with Crippen LogP contribution in [0.1, 0.15) is 24.2 Å². The predicted octanol–water partition coefficient (Wildman–Crippen LogP) is 1.54. The van der Waals surface area contributed by atoms with E-state index in [2.05, 4.69) is 15.1 Å². The van der Waals surface area contributed by atoms with Crippen molar-refractivity contribution in [3.8, 4) is 0 Å². The molecule has 1 fully saturated rings. The second kappa shape index (κ2) is 4.80. The van der Waals surface area contributed by atoms with Crippen molar-refractivity contribution >= 4 is 23.5 Å². The van der Waals surface area contributed by atoms with Gasteiger partial charge in [-0.15, -0.1) is 5.10 Å². The van der Waals surface area contributed by atoms with Crippen molar-refractivity contribution in [2.75, 3.05) is 5.75 Å². The van der Waals surface area contributed by atoms with Crippen LogP contribution in [0.3, 0.4) is 0 Å². The Balaban J connectivity index is 1.75. The fourth-order valence-corrected chi connectivity index (χ4v) is 2.93. The van der Waals surface area contributed by atoms with Gasteiger partial charge in [0, 0.05) is 23.6 Å². The van der Waals surface area contributed by atoms with Crippen molar-refractivity contribution in [1.82, 2.24) is 19.6 Å². The highest BCUT2D eigenvalue weighted by Crippen LogP contribution is 2.22. The number of cyclic esters (lactones) is 1. The van der Waals surface area contributed by atoms with Gasteiger partial charge < -0.3 is 4.74 Å². The number of nitrogens with zero attached hydrogens (tertiary/aromatic N) is 4. The van der Waals surface area contributed by atoms with Crippen LogP contribution in [-0.2, 0) is 9.53 Å². The van der Waals surface area contributed by atoms with Gasteiger partial charge in [0.25, 0.3) is 5.78 Å². The van der Waals surface area contributed by atoms with E-state index in [1.54, 1.807) is 4.52 Å². The minimum atomic E-state index is -0.110. The Kier molecular flexibility index (Phi) is 3.14. The molecule has 3 heterocycles. The van der Waals surface area contributed by atoms with Gasteiger partial charge in [0.1, 0.15) is 6.10 Å². The zero-order valence-electron chi connectivity index (χ0n) is 10.8. The zero-order chi connectivity index (χ0) is 13.4. The van der Waals surface area contributed by atoms with Gasteiger partial charge >= 0.3 is 5.97 Å². The van der Waals surface area contributed by atoms with Gasteiger partial charge in [0.15, 0.2) is 0 Å². The fourth-order valence-electron chi connectivity index (χ4n) is 2.08. The Labute approximate surface area is 114 Å². The molecule has 1 saturated heterocycles. The lowest BCUT2D eigenvalue weighted by Gasteiger charge is -2.05. The third-order valence-corrected chi connectivity index (χ3v) is 3.94. The molecule has 6 nitrogen and oxygen atoms in total. The second-order valence-electron chi connectivity index (χ2n) is 4.61. The summed E-state index contributed by atoms with van der Waals surface area (Å²) in [6.07, 6.45) is 1.29. The summed E-state index contributed by atoms with van der Waals surface area (Å²) in [7, 11) is 0. The molecule has 7 heteroatoms. The Morgan fingerprint density at radius 2 is 2.32 bits per heavy atom. The summed E-state index contributed by atoms with van der Waals surface area (Å²) in [5.41, 5.74) is 1.94. The summed E-state index contributed by atoms with van der Waals surface area (Å²) in [4.78, 5) is 19.7. The average Bonchev–Trinajstić information content (AvgIpc) is 2.92. The molecule has 0 bridgehead atoms. The molecule has 1 aliphatic rings. The maximum absolute atomic E-state index is 11.0. The maximum Gasteiger partial charge on any atom is 0.306 e. The summed E-state index contributed by atoms with van der Waals surface area (Å²) in [6.45, 7) is 3.91. The van der Waals surface area contributed by atoms with Gasteiger partial charge in [-0.3, -0.25) is 4.79 Å². The molecule has 1 unspecified atom stereocenters. The van der Waals surface area contributed by atoms with Gasteiger partial charge in [-0.1, -0.05) is 11.8 Å². The van der Waals surface area contributed by atoms with Crippen LogP contribution in [-0.4, -0.2) is 37.4 Å². The second-order valence-corrected chi connectivity index (χ2v) is 5.59. The minimum Gasteiger partial charge on any atom is -0.461 e. The van der Waals surface area contributed by atoms with Crippen LogP contribution in [0.4, 0.5) is 0 Å². The van der Waals surface area contributed by atoms with E-state index in [1.807, 2.05) is 19.9 Å². The number of esters is 1. The third kappa shape index (κ3) is 2.56. The molecule has 0 saturated carbocycles. The van der Waals surface area contributed by atoms with Crippen molar-refractivity contribution in [3.05, 3.63) is 17.5 Å². The monoisotopic (exact) mass is 278 g/mol. The summed E-state index contributed by atoms with van der Waals surface area (Å²) in [5.74, 6) is 1.20. The number of carbonyl (C=O) groups is 1. The molecule has 2 aromatic heterocycles. The number of fused-ring (bicyclic) bond motifs is 1. The Hall–Kier alpha value is -1.63. The Morgan fingerprint density at radius 1 is 1.47 bits per heavy atom. The molecule has 0 aromatic carbocycles. The van der Waals surface area contributed by atoms with E-state index < -0.39 is 0 Å². The first kappa shape index (κ1) is 12.4. The highest BCUT2D eigenvalue weighted by Gasteiger charge is 2.23. The predicted molar refractivity (Wildman–Crippen MR) is 70.1 cm³/mol. The SMILES string of the molecule is Cc1cc(C)n2nc(SCC3CCC(=O)O3)nc2n1. The van der Waals surface area contributed by atoms with Crippen LogP contribution < -0.4 is 0 Å².